The molecule has 0 spiro atoms. The normalized spacial score (nSPS) is 18.8. The standard InChI is InChI=1S/C11H22ClNO3S/c1-13(8-4-2-3-7-12)17(14,15)11-5-9-16-10-6-11/h11H,2-10H2,1H3. The van der Waals surface area contributed by atoms with Crippen molar-refractivity contribution >= 4 is 21.6 Å². The van der Waals surface area contributed by atoms with Crippen molar-refractivity contribution in [3.05, 3.63) is 0 Å². The van der Waals surface area contributed by atoms with Gasteiger partial charge < -0.3 is 4.74 Å². The van der Waals surface area contributed by atoms with Crippen molar-refractivity contribution in [2.24, 2.45) is 0 Å². The minimum absolute atomic E-state index is 0.255. The summed E-state index contributed by atoms with van der Waals surface area (Å²) in [6.07, 6.45) is 4.05. The van der Waals surface area contributed by atoms with Crippen molar-refractivity contribution in [2.45, 2.75) is 37.4 Å². The number of halogens is 1. The molecule has 0 aromatic rings. The number of alkyl halides is 1. The van der Waals surface area contributed by atoms with Gasteiger partial charge in [-0.3, -0.25) is 0 Å². The zero-order valence-electron chi connectivity index (χ0n) is 10.4. The number of hydrogen-bond donors (Lipinski definition) is 0. The number of unbranched alkanes of at least 4 members (excludes halogenated alkanes) is 2. The van der Waals surface area contributed by atoms with Gasteiger partial charge in [-0.1, -0.05) is 6.42 Å². The van der Waals surface area contributed by atoms with Gasteiger partial charge in [-0.25, -0.2) is 12.7 Å². The molecule has 1 rings (SSSR count). The molecule has 17 heavy (non-hydrogen) atoms. The van der Waals surface area contributed by atoms with Crippen molar-refractivity contribution in [1.29, 1.82) is 0 Å². The van der Waals surface area contributed by atoms with Crippen LogP contribution in [0.25, 0.3) is 0 Å². The average molecular weight is 284 g/mol. The fraction of sp³-hybridized carbons (Fsp3) is 1.00. The predicted octanol–water partition coefficient (Wildman–Crippen LogP) is 1.84. The lowest BCUT2D eigenvalue weighted by molar-refractivity contribution is 0.0974. The predicted molar refractivity (Wildman–Crippen MR) is 70.0 cm³/mol. The maximum Gasteiger partial charge on any atom is 0.216 e. The van der Waals surface area contributed by atoms with Crippen molar-refractivity contribution in [1.82, 2.24) is 4.31 Å². The molecule has 6 heteroatoms. The average Bonchev–Trinajstić information content (AvgIpc) is 2.35. The fourth-order valence-corrected chi connectivity index (χ4v) is 3.83. The van der Waals surface area contributed by atoms with E-state index in [0.29, 0.717) is 38.5 Å². The van der Waals surface area contributed by atoms with Crippen molar-refractivity contribution in [2.75, 3.05) is 32.7 Å². The number of rotatable bonds is 7. The van der Waals surface area contributed by atoms with Gasteiger partial charge >= 0.3 is 0 Å². The van der Waals surface area contributed by atoms with E-state index < -0.39 is 10.0 Å². The molecule has 1 heterocycles. The van der Waals surface area contributed by atoms with Crippen LogP contribution >= 0.6 is 11.6 Å². The third kappa shape index (κ3) is 4.73. The first-order chi connectivity index (χ1) is 8.09. The zero-order valence-corrected chi connectivity index (χ0v) is 12.0. The Labute approximate surface area is 109 Å². The van der Waals surface area contributed by atoms with Gasteiger partial charge in [0.15, 0.2) is 0 Å². The number of nitrogens with zero attached hydrogens (tertiary/aromatic N) is 1. The minimum atomic E-state index is -3.13. The molecular formula is C11H22ClNO3S. The Balaban J connectivity index is 2.39. The number of hydrogen-bond acceptors (Lipinski definition) is 3. The Morgan fingerprint density at radius 1 is 1.24 bits per heavy atom. The molecule has 4 nitrogen and oxygen atoms in total. The van der Waals surface area contributed by atoms with E-state index in [4.69, 9.17) is 16.3 Å². The molecule has 0 amide bonds. The minimum Gasteiger partial charge on any atom is -0.381 e. The summed E-state index contributed by atoms with van der Waals surface area (Å²) in [6, 6.07) is 0. The molecule has 1 aliphatic heterocycles. The molecule has 0 saturated carbocycles. The Morgan fingerprint density at radius 3 is 2.47 bits per heavy atom. The number of ether oxygens (including phenoxy) is 1. The molecule has 0 radical (unpaired) electrons. The number of sulfonamides is 1. The smallest absolute Gasteiger partial charge is 0.216 e. The second kappa shape index (κ2) is 7.56. The lowest BCUT2D eigenvalue weighted by Crippen LogP contribution is -2.39. The summed E-state index contributed by atoms with van der Waals surface area (Å²) >= 11 is 5.58. The Kier molecular flexibility index (Phi) is 6.77. The first-order valence-corrected chi connectivity index (χ1v) is 8.21. The van der Waals surface area contributed by atoms with E-state index >= 15 is 0 Å². The molecule has 0 aromatic heterocycles. The van der Waals surface area contributed by atoms with Gasteiger partial charge in [-0.05, 0) is 25.7 Å². The summed E-state index contributed by atoms with van der Waals surface area (Å²) in [7, 11) is -1.46. The van der Waals surface area contributed by atoms with Gasteiger partial charge in [0, 0.05) is 32.7 Å². The SMILES string of the molecule is CN(CCCCCCl)S(=O)(=O)C1CCOCC1. The summed E-state index contributed by atoms with van der Waals surface area (Å²) in [5, 5.41) is -0.255. The topological polar surface area (TPSA) is 46.6 Å². The van der Waals surface area contributed by atoms with Crippen LogP contribution in [0.15, 0.2) is 0 Å². The summed E-state index contributed by atoms with van der Waals surface area (Å²) in [6.45, 7) is 1.71. The monoisotopic (exact) mass is 283 g/mol. The summed E-state index contributed by atoms with van der Waals surface area (Å²) in [4.78, 5) is 0. The van der Waals surface area contributed by atoms with Gasteiger partial charge in [0.2, 0.25) is 10.0 Å². The van der Waals surface area contributed by atoms with E-state index in [1.807, 2.05) is 0 Å². The first kappa shape index (κ1) is 15.2. The van der Waals surface area contributed by atoms with Gasteiger partial charge in [-0.15, -0.1) is 11.6 Å². The van der Waals surface area contributed by atoms with Crippen LogP contribution in [0.1, 0.15) is 32.1 Å². The lowest BCUT2D eigenvalue weighted by atomic mass is 10.2. The maximum absolute atomic E-state index is 12.2. The highest BCUT2D eigenvalue weighted by Crippen LogP contribution is 2.19. The lowest BCUT2D eigenvalue weighted by Gasteiger charge is -2.27. The van der Waals surface area contributed by atoms with Crippen LogP contribution in [0.5, 0.6) is 0 Å². The third-order valence-electron chi connectivity index (χ3n) is 3.13. The molecule has 1 saturated heterocycles. The Morgan fingerprint density at radius 2 is 1.88 bits per heavy atom. The summed E-state index contributed by atoms with van der Waals surface area (Å²) in [5.74, 6) is 0.649. The van der Waals surface area contributed by atoms with Crippen LogP contribution in [0.4, 0.5) is 0 Å². The highest BCUT2D eigenvalue weighted by atomic mass is 35.5. The molecule has 1 fully saturated rings. The molecule has 102 valence electrons. The Bertz CT molecular complexity index is 302. The second-order valence-corrected chi connectivity index (χ2v) is 7.13. The highest BCUT2D eigenvalue weighted by Gasteiger charge is 2.30. The molecule has 1 aliphatic rings. The van der Waals surface area contributed by atoms with E-state index in [-0.39, 0.29) is 5.25 Å². The molecule has 0 atom stereocenters. The van der Waals surface area contributed by atoms with Gasteiger partial charge in [0.05, 0.1) is 5.25 Å². The molecular weight excluding hydrogens is 262 g/mol. The molecule has 0 aliphatic carbocycles. The maximum atomic E-state index is 12.2. The van der Waals surface area contributed by atoms with Crippen LogP contribution in [-0.4, -0.2) is 50.7 Å². The van der Waals surface area contributed by atoms with E-state index in [9.17, 15) is 8.42 Å². The fourth-order valence-electron chi connectivity index (χ4n) is 1.96. The van der Waals surface area contributed by atoms with Crippen LogP contribution in [0, 0.1) is 0 Å². The molecule has 0 aromatic carbocycles. The van der Waals surface area contributed by atoms with Crippen molar-refractivity contribution in [3.8, 4) is 0 Å². The van der Waals surface area contributed by atoms with Crippen LogP contribution in [-0.2, 0) is 14.8 Å². The highest BCUT2D eigenvalue weighted by molar-refractivity contribution is 7.89. The molecule has 0 N–H and O–H groups in total. The van der Waals surface area contributed by atoms with Crippen LogP contribution in [0.3, 0.4) is 0 Å². The van der Waals surface area contributed by atoms with E-state index in [1.165, 1.54) is 4.31 Å². The van der Waals surface area contributed by atoms with Crippen molar-refractivity contribution < 1.29 is 13.2 Å². The van der Waals surface area contributed by atoms with Gasteiger partial charge in [0.1, 0.15) is 0 Å². The molecule has 0 bridgehead atoms. The largest absolute Gasteiger partial charge is 0.381 e. The Hall–Kier alpha value is 0.160. The zero-order chi connectivity index (χ0) is 12.7. The second-order valence-electron chi connectivity index (χ2n) is 4.43. The van der Waals surface area contributed by atoms with E-state index in [2.05, 4.69) is 0 Å². The first-order valence-electron chi connectivity index (χ1n) is 6.18. The van der Waals surface area contributed by atoms with Gasteiger partial charge in [0.25, 0.3) is 0 Å². The quantitative estimate of drug-likeness (QED) is 0.529. The molecule has 0 unspecified atom stereocenters. The summed E-state index contributed by atoms with van der Waals surface area (Å²) < 4.78 is 31.1. The van der Waals surface area contributed by atoms with Crippen molar-refractivity contribution in [3.63, 3.8) is 0 Å². The van der Waals surface area contributed by atoms with Crippen LogP contribution < -0.4 is 0 Å². The van der Waals surface area contributed by atoms with E-state index in [0.717, 1.165) is 19.3 Å². The summed E-state index contributed by atoms with van der Waals surface area (Å²) in [5.41, 5.74) is 0. The van der Waals surface area contributed by atoms with Crippen LogP contribution in [0.2, 0.25) is 0 Å². The van der Waals surface area contributed by atoms with Gasteiger partial charge in [-0.2, -0.15) is 0 Å². The third-order valence-corrected chi connectivity index (χ3v) is 5.76. The van der Waals surface area contributed by atoms with E-state index in [1.54, 1.807) is 7.05 Å².